The monoisotopic (exact) mass is 318 g/mol. The number of hydrogen-bond donors (Lipinski definition) is 1. The highest BCUT2D eigenvalue weighted by molar-refractivity contribution is 5.97. The number of amides is 1. The smallest absolute Gasteiger partial charge is 0.252 e. The Bertz CT molecular complexity index is 770. The highest BCUT2D eigenvalue weighted by Crippen LogP contribution is 2.24. The average Bonchev–Trinajstić information content (AvgIpc) is 3.16. The molecule has 0 radical (unpaired) electrons. The van der Waals surface area contributed by atoms with Crippen molar-refractivity contribution >= 4 is 11.6 Å². The summed E-state index contributed by atoms with van der Waals surface area (Å²) in [5, 5.41) is 4.16. The number of nitrogens with zero attached hydrogens (tertiary/aromatic N) is 1. The lowest BCUT2D eigenvalue weighted by Gasteiger charge is -2.16. The van der Waals surface area contributed by atoms with Gasteiger partial charge in [-0.1, -0.05) is 60.7 Å². The lowest BCUT2D eigenvalue weighted by Crippen LogP contribution is -2.27. The first-order chi connectivity index (χ1) is 11.8. The van der Waals surface area contributed by atoms with Gasteiger partial charge in [0.25, 0.3) is 5.91 Å². The molecule has 4 nitrogen and oxygen atoms in total. The van der Waals surface area contributed by atoms with Crippen LogP contribution < -0.4 is 5.43 Å². The summed E-state index contributed by atoms with van der Waals surface area (Å²) in [6.45, 7) is 1.79. The number of furan rings is 1. The molecule has 0 bridgehead atoms. The molecule has 2 aromatic carbocycles. The van der Waals surface area contributed by atoms with E-state index in [1.807, 2.05) is 60.7 Å². The van der Waals surface area contributed by atoms with E-state index in [4.69, 9.17) is 4.42 Å². The first-order valence-corrected chi connectivity index (χ1v) is 7.73. The molecule has 3 rings (SSSR count). The van der Waals surface area contributed by atoms with Crippen molar-refractivity contribution in [1.82, 2.24) is 5.43 Å². The van der Waals surface area contributed by atoms with Crippen molar-refractivity contribution in [3.8, 4) is 0 Å². The summed E-state index contributed by atoms with van der Waals surface area (Å²) in [6, 6.07) is 22.9. The number of hydrazone groups is 1. The predicted octanol–water partition coefficient (Wildman–Crippen LogP) is 3.95. The minimum Gasteiger partial charge on any atom is -0.463 e. The summed E-state index contributed by atoms with van der Waals surface area (Å²) < 4.78 is 5.28. The molecule has 0 unspecified atom stereocenters. The largest absolute Gasteiger partial charge is 0.463 e. The number of carbonyl (C=O) groups is 1. The van der Waals surface area contributed by atoms with E-state index in [1.165, 1.54) is 0 Å². The standard InChI is InChI=1S/C20H18N2O2/c1-15(18-13-8-14-24-18)21-22-20(23)19(16-9-4-2-5-10-16)17-11-6-3-7-12-17/h2-14,19H,1H3,(H,22,23)/b21-15+. The summed E-state index contributed by atoms with van der Waals surface area (Å²) in [4.78, 5) is 12.8. The van der Waals surface area contributed by atoms with Gasteiger partial charge in [-0.3, -0.25) is 4.79 Å². The van der Waals surface area contributed by atoms with Crippen LogP contribution in [0.4, 0.5) is 0 Å². The first kappa shape index (κ1) is 15.7. The molecule has 4 heteroatoms. The first-order valence-electron chi connectivity index (χ1n) is 7.73. The van der Waals surface area contributed by atoms with E-state index < -0.39 is 5.92 Å². The number of carbonyl (C=O) groups excluding carboxylic acids is 1. The van der Waals surface area contributed by atoms with Crippen molar-refractivity contribution in [2.75, 3.05) is 0 Å². The zero-order valence-corrected chi connectivity index (χ0v) is 13.3. The van der Waals surface area contributed by atoms with Gasteiger partial charge >= 0.3 is 0 Å². The molecule has 0 spiro atoms. The van der Waals surface area contributed by atoms with Gasteiger partial charge in [0.05, 0.1) is 12.2 Å². The quantitative estimate of drug-likeness (QED) is 0.572. The summed E-state index contributed by atoms with van der Waals surface area (Å²) in [7, 11) is 0. The zero-order chi connectivity index (χ0) is 16.8. The van der Waals surface area contributed by atoms with Gasteiger partial charge in [-0.05, 0) is 30.2 Å². The van der Waals surface area contributed by atoms with Crippen LogP contribution in [0.5, 0.6) is 0 Å². The maximum Gasteiger partial charge on any atom is 0.252 e. The molecule has 0 fully saturated rings. The van der Waals surface area contributed by atoms with Crippen LogP contribution in [0.2, 0.25) is 0 Å². The molecule has 3 aromatic rings. The molecular weight excluding hydrogens is 300 g/mol. The average molecular weight is 318 g/mol. The Morgan fingerprint density at radius 2 is 1.50 bits per heavy atom. The fourth-order valence-electron chi connectivity index (χ4n) is 2.53. The number of benzene rings is 2. The molecule has 0 atom stereocenters. The predicted molar refractivity (Wildman–Crippen MR) is 93.8 cm³/mol. The zero-order valence-electron chi connectivity index (χ0n) is 13.3. The van der Waals surface area contributed by atoms with Crippen LogP contribution in [0.15, 0.2) is 88.6 Å². The Balaban J connectivity index is 1.86. The van der Waals surface area contributed by atoms with Gasteiger partial charge < -0.3 is 4.42 Å². The van der Waals surface area contributed by atoms with E-state index in [0.717, 1.165) is 11.1 Å². The molecule has 0 saturated carbocycles. The molecule has 0 saturated heterocycles. The third-order valence-corrected chi connectivity index (χ3v) is 3.74. The fraction of sp³-hybridized carbons (Fsp3) is 0.100. The molecule has 1 heterocycles. The van der Waals surface area contributed by atoms with Gasteiger partial charge in [0.15, 0.2) is 0 Å². The van der Waals surface area contributed by atoms with Gasteiger partial charge in [0, 0.05) is 0 Å². The van der Waals surface area contributed by atoms with E-state index in [9.17, 15) is 4.79 Å². The molecule has 0 aliphatic carbocycles. The second-order valence-corrected chi connectivity index (χ2v) is 5.40. The van der Waals surface area contributed by atoms with Crippen molar-refractivity contribution in [1.29, 1.82) is 0 Å². The fourth-order valence-corrected chi connectivity index (χ4v) is 2.53. The summed E-state index contributed by atoms with van der Waals surface area (Å²) >= 11 is 0. The number of hydrogen-bond acceptors (Lipinski definition) is 3. The van der Waals surface area contributed by atoms with Crippen LogP contribution in [-0.4, -0.2) is 11.6 Å². The Morgan fingerprint density at radius 1 is 0.917 bits per heavy atom. The van der Waals surface area contributed by atoms with Gasteiger partial charge in [-0.15, -0.1) is 0 Å². The van der Waals surface area contributed by atoms with E-state index in [1.54, 1.807) is 25.3 Å². The number of nitrogens with one attached hydrogen (secondary N) is 1. The third-order valence-electron chi connectivity index (χ3n) is 3.74. The molecule has 1 amide bonds. The van der Waals surface area contributed by atoms with E-state index in [-0.39, 0.29) is 5.91 Å². The highest BCUT2D eigenvalue weighted by Gasteiger charge is 2.22. The number of rotatable bonds is 5. The van der Waals surface area contributed by atoms with Gasteiger partial charge in [0.2, 0.25) is 0 Å². The SMILES string of the molecule is C/C(=N\NC(=O)C(c1ccccc1)c1ccccc1)c1ccco1. The molecule has 1 N–H and O–H groups in total. The molecule has 0 aliphatic rings. The topological polar surface area (TPSA) is 54.6 Å². The molecule has 1 aromatic heterocycles. The molecule has 120 valence electrons. The Morgan fingerprint density at radius 3 is 2.00 bits per heavy atom. The second-order valence-electron chi connectivity index (χ2n) is 5.40. The third kappa shape index (κ3) is 3.60. The Hall–Kier alpha value is -3.14. The van der Waals surface area contributed by atoms with E-state index >= 15 is 0 Å². The minimum atomic E-state index is -0.416. The van der Waals surface area contributed by atoms with Crippen LogP contribution in [0.3, 0.4) is 0 Å². The molecule has 24 heavy (non-hydrogen) atoms. The van der Waals surface area contributed by atoms with Crippen molar-refractivity contribution in [2.45, 2.75) is 12.8 Å². The highest BCUT2D eigenvalue weighted by atomic mass is 16.3. The van der Waals surface area contributed by atoms with Crippen molar-refractivity contribution in [3.05, 3.63) is 95.9 Å². The van der Waals surface area contributed by atoms with Crippen molar-refractivity contribution < 1.29 is 9.21 Å². The lowest BCUT2D eigenvalue weighted by molar-refractivity contribution is -0.121. The van der Waals surface area contributed by atoms with E-state index in [0.29, 0.717) is 11.5 Å². The van der Waals surface area contributed by atoms with Crippen LogP contribution in [0, 0.1) is 0 Å². The lowest BCUT2D eigenvalue weighted by atomic mass is 9.91. The van der Waals surface area contributed by atoms with Crippen LogP contribution in [-0.2, 0) is 4.79 Å². The summed E-state index contributed by atoms with van der Waals surface area (Å²) in [6.07, 6.45) is 1.58. The summed E-state index contributed by atoms with van der Waals surface area (Å²) in [5.74, 6) is 0.0325. The Labute approximate surface area is 140 Å². The maximum absolute atomic E-state index is 12.8. The minimum absolute atomic E-state index is 0.182. The van der Waals surface area contributed by atoms with Crippen LogP contribution in [0.25, 0.3) is 0 Å². The van der Waals surface area contributed by atoms with Crippen molar-refractivity contribution in [2.24, 2.45) is 5.10 Å². The van der Waals surface area contributed by atoms with Crippen LogP contribution >= 0.6 is 0 Å². The summed E-state index contributed by atoms with van der Waals surface area (Å²) in [5.41, 5.74) is 5.12. The van der Waals surface area contributed by atoms with Gasteiger partial charge in [-0.2, -0.15) is 5.10 Å². The van der Waals surface area contributed by atoms with Crippen molar-refractivity contribution in [3.63, 3.8) is 0 Å². The maximum atomic E-state index is 12.8. The van der Waals surface area contributed by atoms with Gasteiger partial charge in [-0.25, -0.2) is 5.43 Å². The van der Waals surface area contributed by atoms with E-state index in [2.05, 4.69) is 10.5 Å². The second kappa shape index (κ2) is 7.42. The molecular formula is C20H18N2O2. The van der Waals surface area contributed by atoms with Gasteiger partial charge in [0.1, 0.15) is 11.5 Å². The normalized spacial score (nSPS) is 11.5. The molecule has 0 aliphatic heterocycles. The van der Waals surface area contributed by atoms with Crippen LogP contribution in [0.1, 0.15) is 29.7 Å². The Kier molecular flexibility index (Phi) is 4.87.